The molecule has 1 unspecified atom stereocenters. The highest BCUT2D eigenvalue weighted by Crippen LogP contribution is 2.06. The first-order valence-electron chi connectivity index (χ1n) is 5.28. The number of imidazole rings is 1. The Morgan fingerprint density at radius 1 is 1.69 bits per heavy atom. The van der Waals surface area contributed by atoms with Gasteiger partial charge in [0.25, 0.3) is 0 Å². The molecule has 5 nitrogen and oxygen atoms in total. The van der Waals surface area contributed by atoms with Gasteiger partial charge < -0.3 is 17.7 Å². The molecule has 90 valence electrons. The Balaban J connectivity index is 0.00000128. The Morgan fingerprint density at radius 2 is 2.44 bits per heavy atom. The molecule has 4 N–H and O–H groups in total. The van der Waals surface area contributed by atoms with Gasteiger partial charge in [-0.05, 0) is 26.3 Å². The summed E-state index contributed by atoms with van der Waals surface area (Å²) in [6.45, 7) is 3.24. The fourth-order valence-electron chi connectivity index (χ4n) is 1.96. The minimum atomic E-state index is 0. The number of anilines is 1. The second kappa shape index (κ2) is 5.32. The minimum Gasteiger partial charge on any atom is -1.00 e. The summed E-state index contributed by atoms with van der Waals surface area (Å²) in [6, 6.07) is 0.0196. The van der Waals surface area contributed by atoms with Crippen molar-refractivity contribution in [3.8, 4) is 0 Å². The number of H-pyrrole nitrogens is 1. The topological polar surface area (TPSA) is 74.8 Å². The molecule has 1 fully saturated rings. The van der Waals surface area contributed by atoms with Crippen molar-refractivity contribution in [2.24, 2.45) is 0 Å². The number of hydrogen-bond donors (Lipinski definition) is 3. The van der Waals surface area contributed by atoms with Gasteiger partial charge in [-0.1, -0.05) is 0 Å². The molecule has 0 bridgehead atoms. The highest BCUT2D eigenvalue weighted by atomic mass is 35.5. The molecule has 1 saturated heterocycles. The average Bonchev–Trinajstić information content (AvgIpc) is 2.82. The largest absolute Gasteiger partial charge is 1.00 e. The van der Waals surface area contributed by atoms with E-state index in [0.29, 0.717) is 12.5 Å². The summed E-state index contributed by atoms with van der Waals surface area (Å²) in [5.74, 6) is 0.755. The van der Waals surface area contributed by atoms with Gasteiger partial charge in [-0.3, -0.25) is 10.5 Å². The van der Waals surface area contributed by atoms with E-state index in [2.05, 4.69) is 10.3 Å². The molecule has 0 radical (unpaired) electrons. The van der Waals surface area contributed by atoms with E-state index in [9.17, 15) is 4.79 Å². The van der Waals surface area contributed by atoms with E-state index < -0.39 is 0 Å². The molecule has 1 aliphatic rings. The van der Waals surface area contributed by atoms with Crippen LogP contribution in [0.25, 0.3) is 0 Å². The predicted molar refractivity (Wildman–Crippen MR) is 56.2 cm³/mol. The second-order valence-electron chi connectivity index (χ2n) is 4.02. The number of aromatic amines is 1. The van der Waals surface area contributed by atoms with Crippen molar-refractivity contribution in [2.45, 2.75) is 32.4 Å². The van der Waals surface area contributed by atoms with Crippen LogP contribution >= 0.6 is 0 Å². The molecule has 0 amide bonds. The number of hydrogen-bond acceptors (Lipinski definition) is 3. The first-order chi connectivity index (χ1) is 7.18. The number of aryl methyl sites for hydroxylation is 1. The number of nitrogens with zero attached hydrogens (tertiary/aromatic N) is 1. The quantitative estimate of drug-likeness (QED) is 0.484. The van der Waals surface area contributed by atoms with Gasteiger partial charge in [-0.25, -0.2) is 9.55 Å². The molecular weight excluding hydrogens is 228 g/mol. The number of ketones is 1. The minimum absolute atomic E-state index is 0. The second-order valence-corrected chi connectivity index (χ2v) is 4.02. The van der Waals surface area contributed by atoms with Crippen molar-refractivity contribution in [1.82, 2.24) is 10.3 Å². The van der Waals surface area contributed by atoms with Crippen LogP contribution in [0.1, 0.15) is 18.5 Å². The first-order valence-corrected chi connectivity index (χ1v) is 5.28. The van der Waals surface area contributed by atoms with E-state index in [1.807, 2.05) is 17.7 Å². The predicted octanol–water partition coefficient (Wildman–Crippen LogP) is -3.48. The van der Waals surface area contributed by atoms with Crippen LogP contribution in [0.4, 0.5) is 5.95 Å². The van der Waals surface area contributed by atoms with Crippen molar-refractivity contribution < 1.29 is 21.8 Å². The Labute approximate surface area is 101 Å². The third-order valence-corrected chi connectivity index (χ3v) is 2.91. The van der Waals surface area contributed by atoms with Crippen LogP contribution in [0.3, 0.4) is 0 Å². The number of carbonyl (C=O) groups is 1. The van der Waals surface area contributed by atoms with E-state index in [1.165, 1.54) is 0 Å². The Hall–Kier alpha value is -1.07. The first kappa shape index (κ1) is 13.0. The van der Waals surface area contributed by atoms with Crippen LogP contribution in [0.15, 0.2) is 6.20 Å². The number of nitrogen functional groups attached to an aromatic ring is 1. The number of nitrogens with two attached hydrogens (primary N) is 1. The average molecular weight is 245 g/mol. The van der Waals surface area contributed by atoms with Gasteiger partial charge in [-0.15, -0.1) is 0 Å². The van der Waals surface area contributed by atoms with Crippen molar-refractivity contribution >= 4 is 11.7 Å². The van der Waals surface area contributed by atoms with Crippen LogP contribution in [0.5, 0.6) is 0 Å². The molecule has 2 heterocycles. The lowest BCUT2D eigenvalue weighted by Gasteiger charge is -2.08. The maximum absolute atomic E-state index is 11.9. The number of halogens is 1. The van der Waals surface area contributed by atoms with Gasteiger partial charge in [0.05, 0.1) is 12.2 Å². The van der Waals surface area contributed by atoms with Crippen molar-refractivity contribution in [2.75, 3.05) is 12.3 Å². The monoisotopic (exact) mass is 244 g/mol. The van der Waals surface area contributed by atoms with Gasteiger partial charge in [0, 0.05) is 0 Å². The molecule has 2 rings (SSSR count). The smallest absolute Gasteiger partial charge is 0.353 e. The molecule has 6 heteroatoms. The van der Waals surface area contributed by atoms with E-state index in [1.54, 1.807) is 0 Å². The lowest BCUT2D eigenvalue weighted by atomic mass is 10.1. The molecular formula is C10H17ClN4O. The van der Waals surface area contributed by atoms with Gasteiger partial charge in [-0.2, -0.15) is 0 Å². The number of Topliss-reactive ketones (excluding diaryl/α,β-unsaturated/α-hetero) is 1. The molecule has 0 saturated carbocycles. The van der Waals surface area contributed by atoms with Gasteiger partial charge >= 0.3 is 5.95 Å². The van der Waals surface area contributed by atoms with E-state index in [-0.39, 0.29) is 24.2 Å². The third kappa shape index (κ3) is 2.54. The fourth-order valence-corrected chi connectivity index (χ4v) is 1.96. The van der Waals surface area contributed by atoms with Gasteiger partial charge in [0.15, 0.2) is 5.78 Å². The number of carbonyl (C=O) groups excluding carboxylic acids is 1. The molecule has 1 atom stereocenters. The van der Waals surface area contributed by atoms with Gasteiger partial charge in [0.1, 0.15) is 12.2 Å². The van der Waals surface area contributed by atoms with Crippen molar-refractivity contribution in [3.63, 3.8) is 0 Å². The molecule has 0 spiro atoms. The van der Waals surface area contributed by atoms with E-state index in [0.717, 1.165) is 25.1 Å². The summed E-state index contributed by atoms with van der Waals surface area (Å²) in [7, 11) is 0. The summed E-state index contributed by atoms with van der Waals surface area (Å²) in [5.41, 5.74) is 6.71. The number of aromatic nitrogens is 2. The zero-order valence-electron chi connectivity index (χ0n) is 9.29. The lowest BCUT2D eigenvalue weighted by Crippen LogP contribution is -3.00. The van der Waals surface area contributed by atoms with Crippen molar-refractivity contribution in [3.05, 3.63) is 11.9 Å². The Morgan fingerprint density at radius 3 is 2.94 bits per heavy atom. The highest BCUT2D eigenvalue weighted by molar-refractivity contribution is 5.83. The molecule has 0 aromatic carbocycles. The summed E-state index contributed by atoms with van der Waals surface area (Å²) in [6.07, 6.45) is 3.84. The van der Waals surface area contributed by atoms with Crippen LogP contribution in [0.2, 0.25) is 0 Å². The maximum atomic E-state index is 11.9. The SMILES string of the molecule is Cc1c[nH]c(N)[n+]1CC(=O)C1CCCN1.[Cl-]. The zero-order valence-corrected chi connectivity index (χ0v) is 10.0. The van der Waals surface area contributed by atoms with Crippen LogP contribution in [-0.4, -0.2) is 23.4 Å². The molecule has 0 aliphatic carbocycles. The van der Waals surface area contributed by atoms with Crippen molar-refractivity contribution in [1.29, 1.82) is 0 Å². The third-order valence-electron chi connectivity index (χ3n) is 2.91. The lowest BCUT2D eigenvalue weighted by molar-refractivity contribution is -0.674. The summed E-state index contributed by atoms with van der Waals surface area (Å²) in [4.78, 5) is 14.8. The molecule has 16 heavy (non-hydrogen) atoms. The van der Waals surface area contributed by atoms with Gasteiger partial charge in [0.2, 0.25) is 0 Å². The maximum Gasteiger partial charge on any atom is 0.353 e. The normalized spacial score (nSPS) is 19.4. The van der Waals surface area contributed by atoms with Crippen LogP contribution in [-0.2, 0) is 11.3 Å². The number of nitrogens with one attached hydrogen (secondary N) is 2. The van der Waals surface area contributed by atoms with Crippen LogP contribution in [0, 0.1) is 6.92 Å². The van der Waals surface area contributed by atoms with E-state index >= 15 is 0 Å². The Kier molecular flexibility index (Phi) is 4.32. The Bertz CT molecular complexity index is 351. The molecule has 1 aromatic heterocycles. The highest BCUT2D eigenvalue weighted by Gasteiger charge is 2.24. The zero-order chi connectivity index (χ0) is 10.8. The van der Waals surface area contributed by atoms with E-state index in [4.69, 9.17) is 5.73 Å². The molecule has 1 aromatic rings. The summed E-state index contributed by atoms with van der Waals surface area (Å²) in [5, 5.41) is 3.19. The fraction of sp³-hybridized carbons (Fsp3) is 0.600. The summed E-state index contributed by atoms with van der Waals surface area (Å²) < 4.78 is 1.81. The summed E-state index contributed by atoms with van der Waals surface area (Å²) >= 11 is 0. The standard InChI is InChI=1S/C10H16N4O.ClH/c1-7-5-13-10(11)14(7)6-9(15)8-3-2-4-12-8;/h5,8,12H,2-4,6H2,1H3,(H2,11,13);1H. The van der Waals surface area contributed by atoms with Crippen LogP contribution < -0.4 is 28.0 Å². The number of rotatable bonds is 3. The molecule has 1 aliphatic heterocycles.